The van der Waals surface area contributed by atoms with Crippen LogP contribution in [0, 0.1) is 9.39 Å². The van der Waals surface area contributed by atoms with Crippen LogP contribution in [0.3, 0.4) is 0 Å². The summed E-state index contributed by atoms with van der Waals surface area (Å²) in [5, 5.41) is 0. The van der Waals surface area contributed by atoms with Gasteiger partial charge in [0.05, 0.1) is 5.56 Å². The van der Waals surface area contributed by atoms with Crippen molar-refractivity contribution < 1.29 is 17.6 Å². The highest BCUT2D eigenvalue weighted by Gasteiger charge is 2.30. The normalized spacial score (nSPS) is 11.6. The Bertz CT molecular complexity index is 558. The van der Waals surface area contributed by atoms with E-state index in [0.717, 1.165) is 12.1 Å². The third-order valence-electron chi connectivity index (χ3n) is 2.45. The molecular weight excluding hydrogens is 359 g/mol. The molecule has 0 aliphatic heterocycles. The molecule has 0 aliphatic carbocycles. The van der Waals surface area contributed by atoms with E-state index in [0.29, 0.717) is 14.7 Å². The maximum Gasteiger partial charge on any atom is 0.416 e. The highest BCUT2D eigenvalue weighted by Crippen LogP contribution is 2.34. The van der Waals surface area contributed by atoms with Gasteiger partial charge in [-0.2, -0.15) is 13.2 Å². The monoisotopic (exact) mass is 366 g/mol. The summed E-state index contributed by atoms with van der Waals surface area (Å²) >= 11 is 1.96. The number of alkyl halides is 3. The van der Waals surface area contributed by atoms with Crippen molar-refractivity contribution in [3.05, 3.63) is 57.4 Å². The Hall–Kier alpha value is -1.11. The van der Waals surface area contributed by atoms with Crippen molar-refractivity contribution in [2.45, 2.75) is 6.18 Å². The van der Waals surface area contributed by atoms with Gasteiger partial charge in [0.15, 0.2) is 0 Å². The summed E-state index contributed by atoms with van der Waals surface area (Å²) in [5.74, 6) is -0.416. The van der Waals surface area contributed by atoms with E-state index < -0.39 is 17.6 Å². The maximum atomic E-state index is 12.8. The average molecular weight is 366 g/mol. The molecule has 0 aromatic heterocycles. The fourth-order valence-corrected chi connectivity index (χ4v) is 2.20. The van der Waals surface area contributed by atoms with Gasteiger partial charge >= 0.3 is 6.18 Å². The van der Waals surface area contributed by atoms with Crippen molar-refractivity contribution >= 4 is 22.6 Å². The van der Waals surface area contributed by atoms with Gasteiger partial charge in [-0.25, -0.2) is 4.39 Å². The number of rotatable bonds is 1. The summed E-state index contributed by atoms with van der Waals surface area (Å²) in [6.07, 6.45) is -4.38. The van der Waals surface area contributed by atoms with Crippen molar-refractivity contribution in [2.24, 2.45) is 0 Å². The largest absolute Gasteiger partial charge is 0.416 e. The maximum absolute atomic E-state index is 12.8. The lowest BCUT2D eigenvalue weighted by atomic mass is 10.0. The lowest BCUT2D eigenvalue weighted by molar-refractivity contribution is -0.137. The van der Waals surface area contributed by atoms with Gasteiger partial charge in [0.25, 0.3) is 0 Å². The van der Waals surface area contributed by atoms with Crippen molar-refractivity contribution in [1.29, 1.82) is 0 Å². The van der Waals surface area contributed by atoms with Gasteiger partial charge in [0.2, 0.25) is 0 Å². The van der Waals surface area contributed by atoms with Crippen LogP contribution >= 0.6 is 22.6 Å². The van der Waals surface area contributed by atoms with E-state index in [2.05, 4.69) is 0 Å². The van der Waals surface area contributed by atoms with E-state index in [1.807, 2.05) is 22.6 Å². The van der Waals surface area contributed by atoms with Crippen LogP contribution in [-0.2, 0) is 6.18 Å². The van der Waals surface area contributed by atoms with Crippen LogP contribution in [0.2, 0.25) is 0 Å². The van der Waals surface area contributed by atoms with Crippen LogP contribution in [0.15, 0.2) is 42.5 Å². The van der Waals surface area contributed by atoms with Gasteiger partial charge in [0, 0.05) is 3.57 Å². The second kappa shape index (κ2) is 4.87. The Morgan fingerprint density at radius 2 is 1.50 bits per heavy atom. The molecule has 0 fully saturated rings. The van der Waals surface area contributed by atoms with Crippen molar-refractivity contribution in [3.63, 3.8) is 0 Å². The van der Waals surface area contributed by atoms with E-state index in [-0.39, 0.29) is 0 Å². The number of hydrogen-bond acceptors (Lipinski definition) is 0. The van der Waals surface area contributed by atoms with E-state index in [1.54, 1.807) is 0 Å². The molecule has 0 unspecified atom stereocenters. The highest BCUT2D eigenvalue weighted by molar-refractivity contribution is 14.1. The molecule has 18 heavy (non-hydrogen) atoms. The van der Waals surface area contributed by atoms with Crippen LogP contribution in [-0.4, -0.2) is 0 Å². The van der Waals surface area contributed by atoms with Crippen LogP contribution in [0.25, 0.3) is 11.1 Å². The minimum absolute atomic E-state index is 0.416. The summed E-state index contributed by atoms with van der Waals surface area (Å²) in [6.45, 7) is 0. The molecule has 0 amide bonds. The SMILES string of the molecule is Fc1ccc(-c2cc(C(F)(F)F)ccc2I)cc1. The quantitative estimate of drug-likeness (QED) is 0.486. The van der Waals surface area contributed by atoms with E-state index in [9.17, 15) is 17.6 Å². The topological polar surface area (TPSA) is 0 Å². The first-order valence-corrected chi connectivity index (χ1v) is 6.08. The van der Waals surface area contributed by atoms with Gasteiger partial charge in [0.1, 0.15) is 5.82 Å². The van der Waals surface area contributed by atoms with Crippen molar-refractivity contribution in [1.82, 2.24) is 0 Å². The van der Waals surface area contributed by atoms with E-state index >= 15 is 0 Å². The van der Waals surface area contributed by atoms with Gasteiger partial charge in [-0.05, 0) is 64.0 Å². The second-order valence-corrected chi connectivity index (χ2v) is 4.86. The molecule has 94 valence electrons. The molecule has 0 aliphatic rings. The Balaban J connectivity index is 2.53. The average Bonchev–Trinajstić information content (AvgIpc) is 2.29. The Morgan fingerprint density at radius 1 is 0.889 bits per heavy atom. The molecule has 0 saturated heterocycles. The fourth-order valence-electron chi connectivity index (χ4n) is 1.55. The minimum atomic E-state index is -4.38. The first-order chi connectivity index (χ1) is 8.38. The van der Waals surface area contributed by atoms with Crippen molar-refractivity contribution in [2.75, 3.05) is 0 Å². The molecule has 0 atom stereocenters. The summed E-state index contributed by atoms with van der Waals surface area (Å²) in [4.78, 5) is 0. The molecule has 5 heteroatoms. The molecular formula is C13H7F4I. The van der Waals surface area contributed by atoms with Crippen LogP contribution < -0.4 is 0 Å². The molecule has 0 heterocycles. The standard InChI is InChI=1S/C13H7F4I/c14-10-4-1-8(2-5-10)11-7-9(13(15,16)17)3-6-12(11)18/h1-7H. The van der Waals surface area contributed by atoms with Crippen molar-refractivity contribution in [3.8, 4) is 11.1 Å². The van der Waals surface area contributed by atoms with Gasteiger partial charge in [-0.3, -0.25) is 0 Å². The Labute approximate surface area is 115 Å². The van der Waals surface area contributed by atoms with Crippen LogP contribution in [0.5, 0.6) is 0 Å². The van der Waals surface area contributed by atoms with Gasteiger partial charge in [-0.1, -0.05) is 12.1 Å². The van der Waals surface area contributed by atoms with Gasteiger partial charge in [-0.15, -0.1) is 0 Å². The zero-order chi connectivity index (χ0) is 13.3. The van der Waals surface area contributed by atoms with Crippen LogP contribution in [0.1, 0.15) is 5.56 Å². The molecule has 2 rings (SSSR count). The zero-order valence-electron chi connectivity index (χ0n) is 8.93. The Kier molecular flexibility index (Phi) is 3.61. The predicted octanol–water partition coefficient (Wildman–Crippen LogP) is 5.12. The first-order valence-electron chi connectivity index (χ1n) is 5.00. The molecule has 2 aromatic carbocycles. The molecule has 2 aromatic rings. The summed E-state index contributed by atoms with van der Waals surface area (Å²) in [7, 11) is 0. The summed E-state index contributed by atoms with van der Waals surface area (Å²) in [5.41, 5.74) is 0.305. The lowest BCUT2D eigenvalue weighted by Crippen LogP contribution is -2.05. The van der Waals surface area contributed by atoms with Gasteiger partial charge < -0.3 is 0 Å². The molecule has 0 N–H and O–H groups in total. The highest BCUT2D eigenvalue weighted by atomic mass is 127. The number of benzene rings is 2. The molecule has 0 spiro atoms. The second-order valence-electron chi connectivity index (χ2n) is 3.70. The summed E-state index contributed by atoms with van der Waals surface area (Å²) in [6, 6.07) is 8.91. The molecule has 0 saturated carbocycles. The predicted molar refractivity (Wildman–Crippen MR) is 69.6 cm³/mol. The van der Waals surface area contributed by atoms with Crippen LogP contribution in [0.4, 0.5) is 17.6 Å². The van der Waals surface area contributed by atoms with E-state index in [4.69, 9.17) is 0 Å². The number of hydrogen-bond donors (Lipinski definition) is 0. The third kappa shape index (κ3) is 2.82. The fraction of sp³-hybridized carbons (Fsp3) is 0.0769. The lowest BCUT2D eigenvalue weighted by Gasteiger charge is -2.10. The molecule has 0 radical (unpaired) electrons. The smallest absolute Gasteiger partial charge is 0.207 e. The molecule has 0 nitrogen and oxygen atoms in total. The molecule has 0 bridgehead atoms. The van der Waals surface area contributed by atoms with E-state index in [1.165, 1.54) is 30.3 Å². The first kappa shape index (κ1) is 13.3. The summed E-state index contributed by atoms with van der Waals surface area (Å²) < 4.78 is 51.3. The zero-order valence-corrected chi connectivity index (χ0v) is 11.1. The number of halogens is 5. The minimum Gasteiger partial charge on any atom is -0.207 e. The third-order valence-corrected chi connectivity index (χ3v) is 3.39. The Morgan fingerprint density at radius 3 is 2.06 bits per heavy atom.